The van der Waals surface area contributed by atoms with Crippen LogP contribution in [-0.4, -0.2) is 47.2 Å². The van der Waals surface area contributed by atoms with Gasteiger partial charge in [-0.2, -0.15) is 5.26 Å². The summed E-state index contributed by atoms with van der Waals surface area (Å²) in [6.45, 7) is 8.33. The highest BCUT2D eigenvalue weighted by molar-refractivity contribution is 6.30. The van der Waals surface area contributed by atoms with E-state index in [0.717, 1.165) is 63.5 Å². The van der Waals surface area contributed by atoms with Crippen LogP contribution >= 0.6 is 11.6 Å². The Kier molecular flexibility index (Phi) is 7.88. The van der Waals surface area contributed by atoms with Gasteiger partial charge in [-0.15, -0.1) is 0 Å². The maximum atomic E-state index is 14.9. The van der Waals surface area contributed by atoms with Crippen molar-refractivity contribution in [3.63, 3.8) is 0 Å². The molecule has 40 heavy (non-hydrogen) atoms. The number of rotatable bonds is 8. The van der Waals surface area contributed by atoms with Crippen molar-refractivity contribution in [3.05, 3.63) is 82.6 Å². The molecule has 1 aliphatic carbocycles. The van der Waals surface area contributed by atoms with Gasteiger partial charge in [0.2, 0.25) is 0 Å². The molecular formula is C33H39ClFN5. The van der Waals surface area contributed by atoms with Gasteiger partial charge in [-0.1, -0.05) is 24.4 Å². The van der Waals surface area contributed by atoms with Crippen molar-refractivity contribution in [3.8, 4) is 6.07 Å². The number of nitriles is 1. The van der Waals surface area contributed by atoms with Crippen molar-refractivity contribution in [1.29, 1.82) is 5.26 Å². The van der Waals surface area contributed by atoms with Crippen molar-refractivity contribution in [2.45, 2.75) is 57.4 Å². The number of nitrogens with zero attached hydrogens (tertiary/aromatic N) is 5. The van der Waals surface area contributed by atoms with Crippen LogP contribution in [0.25, 0.3) is 0 Å². The number of piperidine rings is 1. The van der Waals surface area contributed by atoms with Gasteiger partial charge >= 0.3 is 0 Å². The minimum atomic E-state index is -0.235. The van der Waals surface area contributed by atoms with Crippen molar-refractivity contribution >= 4 is 17.3 Å². The fourth-order valence-corrected chi connectivity index (χ4v) is 8.13. The van der Waals surface area contributed by atoms with Crippen molar-refractivity contribution in [1.82, 2.24) is 14.5 Å². The third-order valence-electron chi connectivity index (χ3n) is 9.99. The van der Waals surface area contributed by atoms with Gasteiger partial charge < -0.3 is 14.4 Å². The zero-order valence-electron chi connectivity index (χ0n) is 23.4. The van der Waals surface area contributed by atoms with Crippen LogP contribution in [-0.2, 0) is 12.0 Å². The largest absolute Gasteiger partial charge is 0.371 e. The smallest absolute Gasteiger partial charge is 0.124 e. The quantitative estimate of drug-likeness (QED) is 0.303. The molecule has 3 fully saturated rings. The average molecular weight is 560 g/mol. The molecule has 1 unspecified atom stereocenters. The molecule has 1 atom stereocenters. The highest BCUT2D eigenvalue weighted by atomic mass is 35.5. The monoisotopic (exact) mass is 559 g/mol. The Labute approximate surface area is 242 Å². The molecule has 7 heteroatoms. The van der Waals surface area contributed by atoms with E-state index in [1.165, 1.54) is 37.4 Å². The van der Waals surface area contributed by atoms with Crippen LogP contribution in [0, 0.1) is 41.8 Å². The molecule has 0 amide bonds. The molecule has 1 aromatic heterocycles. The summed E-state index contributed by atoms with van der Waals surface area (Å²) in [5.41, 5.74) is 2.83. The van der Waals surface area contributed by atoms with Gasteiger partial charge in [-0.25, -0.2) is 9.37 Å². The minimum Gasteiger partial charge on any atom is -0.371 e. The molecule has 0 N–H and O–H groups in total. The summed E-state index contributed by atoms with van der Waals surface area (Å²) in [7, 11) is 0. The number of aromatic nitrogens is 2. The summed E-state index contributed by atoms with van der Waals surface area (Å²) in [5.74, 6) is 2.42. The second-order valence-electron chi connectivity index (χ2n) is 12.3. The van der Waals surface area contributed by atoms with Gasteiger partial charge in [0, 0.05) is 60.6 Å². The Hall–Kier alpha value is -2.88. The van der Waals surface area contributed by atoms with Crippen LogP contribution in [0.15, 0.2) is 54.9 Å². The topological polar surface area (TPSA) is 48.1 Å². The van der Waals surface area contributed by atoms with Crippen molar-refractivity contribution in [2.24, 2.45) is 17.8 Å². The minimum absolute atomic E-state index is 0.164. The highest BCUT2D eigenvalue weighted by Crippen LogP contribution is 2.52. The van der Waals surface area contributed by atoms with Gasteiger partial charge in [0.05, 0.1) is 11.6 Å². The lowest BCUT2D eigenvalue weighted by atomic mass is 9.59. The number of hydrogen-bond acceptors (Lipinski definition) is 4. The Bertz CT molecular complexity index is 1320. The highest BCUT2D eigenvalue weighted by Gasteiger charge is 2.49. The first kappa shape index (κ1) is 27.3. The molecular weight excluding hydrogens is 521 g/mol. The second-order valence-corrected chi connectivity index (χ2v) is 12.7. The molecule has 0 spiro atoms. The van der Waals surface area contributed by atoms with Crippen molar-refractivity contribution in [2.75, 3.05) is 37.6 Å². The van der Waals surface area contributed by atoms with Gasteiger partial charge in [-0.05, 0) is 106 Å². The van der Waals surface area contributed by atoms with Gasteiger partial charge in [0.1, 0.15) is 11.6 Å². The molecule has 210 valence electrons. The number of halogens is 2. The van der Waals surface area contributed by atoms with Crippen LogP contribution in [0.4, 0.5) is 10.1 Å². The first-order chi connectivity index (χ1) is 19.4. The summed E-state index contributed by atoms with van der Waals surface area (Å²) in [4.78, 5) is 9.59. The lowest BCUT2D eigenvalue weighted by Crippen LogP contribution is -2.54. The SMILES string of the molecule is Cc1nccn1CC(c1cc(F)cc(Cl)c1)(C1CCCC1)C1CCN(CC2CN(c3ccc(C#N)cc3)C2)CC1. The van der Waals surface area contributed by atoms with E-state index in [4.69, 9.17) is 16.9 Å². The van der Waals surface area contributed by atoms with Crippen LogP contribution in [0.5, 0.6) is 0 Å². The van der Waals surface area contributed by atoms with E-state index in [-0.39, 0.29) is 11.2 Å². The van der Waals surface area contributed by atoms with E-state index in [1.54, 1.807) is 6.07 Å². The molecule has 0 radical (unpaired) electrons. The van der Waals surface area contributed by atoms with Gasteiger partial charge in [0.25, 0.3) is 0 Å². The van der Waals surface area contributed by atoms with E-state index in [1.807, 2.05) is 24.4 Å². The maximum Gasteiger partial charge on any atom is 0.124 e. The third kappa shape index (κ3) is 5.39. The maximum absolute atomic E-state index is 14.9. The zero-order chi connectivity index (χ0) is 27.7. The number of hydrogen-bond donors (Lipinski definition) is 0. The number of anilines is 1. The molecule has 5 nitrogen and oxygen atoms in total. The van der Waals surface area contributed by atoms with Crippen molar-refractivity contribution < 1.29 is 4.39 Å². The number of benzene rings is 2. The first-order valence-electron chi connectivity index (χ1n) is 14.9. The van der Waals surface area contributed by atoms with E-state index in [0.29, 0.717) is 28.3 Å². The summed E-state index contributed by atoms with van der Waals surface area (Å²) in [6.07, 6.45) is 11.1. The standard InChI is InChI=1S/C33H39ClFN5/c1-24-37-12-15-39(24)23-33(27-4-2-3-5-27,29-16-30(34)18-31(35)17-29)28-10-13-38(14-11-28)20-26-21-40(22-26)32-8-6-25(19-36)7-9-32/h6-9,12,15-18,26-28H,2-5,10-11,13-14,20-23H2,1H3. The Balaban J connectivity index is 1.18. The summed E-state index contributed by atoms with van der Waals surface area (Å²) >= 11 is 6.50. The Morgan fingerprint density at radius 3 is 2.35 bits per heavy atom. The van der Waals surface area contributed by atoms with Gasteiger partial charge in [-0.3, -0.25) is 0 Å². The molecule has 3 heterocycles. The third-order valence-corrected chi connectivity index (χ3v) is 10.2. The molecule has 2 saturated heterocycles. The van der Waals surface area contributed by atoms with Crippen LogP contribution in [0.3, 0.4) is 0 Å². The lowest BCUT2D eigenvalue weighted by molar-refractivity contribution is 0.0641. The van der Waals surface area contributed by atoms with Crippen LogP contribution < -0.4 is 4.90 Å². The van der Waals surface area contributed by atoms with Crippen LogP contribution in [0.1, 0.15) is 55.5 Å². The molecule has 3 aromatic rings. The second kappa shape index (κ2) is 11.5. The first-order valence-corrected chi connectivity index (χ1v) is 15.2. The molecule has 0 bridgehead atoms. The fraction of sp³-hybridized carbons (Fsp3) is 0.515. The predicted octanol–water partition coefficient (Wildman–Crippen LogP) is 6.83. The molecule has 6 rings (SSSR count). The van der Waals surface area contributed by atoms with E-state index < -0.39 is 0 Å². The zero-order valence-corrected chi connectivity index (χ0v) is 24.2. The molecule has 1 saturated carbocycles. The fourth-order valence-electron chi connectivity index (χ4n) is 7.91. The molecule has 3 aliphatic rings. The van der Waals surface area contributed by atoms with E-state index >= 15 is 0 Å². The summed E-state index contributed by atoms with van der Waals surface area (Å²) < 4.78 is 17.2. The van der Waals surface area contributed by atoms with Gasteiger partial charge in [0.15, 0.2) is 0 Å². The Morgan fingerprint density at radius 1 is 1.02 bits per heavy atom. The predicted molar refractivity (Wildman–Crippen MR) is 158 cm³/mol. The number of aryl methyl sites for hydroxylation is 1. The van der Waals surface area contributed by atoms with E-state index in [2.05, 4.69) is 50.7 Å². The lowest BCUT2D eigenvalue weighted by Gasteiger charge is -2.50. The number of imidazole rings is 1. The normalized spacial score (nSPS) is 20.8. The van der Waals surface area contributed by atoms with E-state index in [9.17, 15) is 4.39 Å². The molecule has 2 aromatic carbocycles. The molecule has 2 aliphatic heterocycles. The average Bonchev–Trinajstić information content (AvgIpc) is 3.61. The van der Waals surface area contributed by atoms with Crippen LogP contribution in [0.2, 0.25) is 5.02 Å². The summed E-state index contributed by atoms with van der Waals surface area (Å²) in [6, 6.07) is 15.4. The number of likely N-dealkylation sites (tertiary alicyclic amines) is 1. The Morgan fingerprint density at radius 2 is 1.73 bits per heavy atom. The summed E-state index contributed by atoms with van der Waals surface area (Å²) in [5, 5.41) is 9.56.